The maximum absolute atomic E-state index is 11.5. The van der Waals surface area contributed by atoms with Crippen molar-refractivity contribution in [2.45, 2.75) is 39.0 Å². The molecule has 1 atom stereocenters. The Morgan fingerprint density at radius 1 is 1.06 bits per heavy atom. The van der Waals surface area contributed by atoms with E-state index < -0.39 is 17.8 Å². The molecule has 182 valence electrons. The summed E-state index contributed by atoms with van der Waals surface area (Å²) in [6.07, 6.45) is -0.344. The van der Waals surface area contributed by atoms with Crippen molar-refractivity contribution in [1.82, 2.24) is 4.57 Å². The Bertz CT molecular complexity index is 1370. The Kier molecular flexibility index (Phi) is 6.79. The van der Waals surface area contributed by atoms with E-state index in [4.69, 9.17) is 21.1 Å². The number of carbonyl (C=O) groups is 1. The quantitative estimate of drug-likeness (QED) is 0.315. The number of aliphatic carboxylic acids is 1. The summed E-state index contributed by atoms with van der Waals surface area (Å²) in [6, 6.07) is 20.3. The van der Waals surface area contributed by atoms with Crippen molar-refractivity contribution < 1.29 is 24.5 Å². The van der Waals surface area contributed by atoms with E-state index in [0.29, 0.717) is 17.2 Å². The molecule has 2 N–H and O–H groups in total. The van der Waals surface area contributed by atoms with Crippen molar-refractivity contribution >= 4 is 28.5 Å². The standard InChI is InChI=1S/C28H28ClNO5/c1-17-23(15-18-6-5-7-22(14-18)35-28(2,3)27(32)33)24-16-21(34-4)12-13-25(24)30(17)26(31)19-8-10-20(29)11-9-19/h5-14,16,26,31H,15H2,1-4H3,(H,32,33). The van der Waals surface area contributed by atoms with E-state index in [9.17, 15) is 15.0 Å². The summed E-state index contributed by atoms with van der Waals surface area (Å²) in [7, 11) is 1.62. The molecule has 4 rings (SSSR count). The summed E-state index contributed by atoms with van der Waals surface area (Å²) in [4.78, 5) is 11.5. The van der Waals surface area contributed by atoms with Crippen LogP contribution < -0.4 is 9.47 Å². The van der Waals surface area contributed by atoms with Gasteiger partial charge in [0.05, 0.1) is 12.6 Å². The van der Waals surface area contributed by atoms with E-state index in [2.05, 4.69) is 0 Å². The molecule has 0 fully saturated rings. The topological polar surface area (TPSA) is 80.9 Å². The van der Waals surface area contributed by atoms with Gasteiger partial charge in [-0.1, -0.05) is 35.9 Å². The highest BCUT2D eigenvalue weighted by atomic mass is 35.5. The lowest BCUT2D eigenvalue weighted by molar-refractivity contribution is -0.152. The largest absolute Gasteiger partial charge is 0.497 e. The zero-order chi connectivity index (χ0) is 25.3. The van der Waals surface area contributed by atoms with Gasteiger partial charge >= 0.3 is 5.97 Å². The molecular formula is C28H28ClNO5. The lowest BCUT2D eigenvalue weighted by Crippen LogP contribution is -2.37. The normalized spacial score (nSPS) is 12.5. The number of aliphatic hydroxyl groups excluding tert-OH is 1. The van der Waals surface area contributed by atoms with Crippen LogP contribution >= 0.6 is 11.6 Å². The number of nitrogens with zero attached hydrogens (tertiary/aromatic N) is 1. The second-order valence-corrected chi connectivity index (χ2v) is 9.42. The molecule has 1 aromatic heterocycles. The third kappa shape index (κ3) is 4.99. The van der Waals surface area contributed by atoms with E-state index in [1.807, 2.05) is 60.0 Å². The fraction of sp³-hybridized carbons (Fsp3) is 0.250. The van der Waals surface area contributed by atoms with Crippen LogP contribution in [0.5, 0.6) is 11.5 Å². The second kappa shape index (κ2) is 9.64. The van der Waals surface area contributed by atoms with Gasteiger partial charge in [-0.3, -0.25) is 0 Å². The summed E-state index contributed by atoms with van der Waals surface area (Å²) in [5, 5.41) is 22.3. The first-order chi connectivity index (χ1) is 16.6. The van der Waals surface area contributed by atoms with E-state index in [1.54, 1.807) is 25.3 Å². The number of carboxylic acid groups (broad SMARTS) is 1. The van der Waals surface area contributed by atoms with Gasteiger partial charge in [-0.2, -0.15) is 0 Å². The fourth-order valence-electron chi connectivity index (χ4n) is 4.20. The molecule has 0 saturated carbocycles. The SMILES string of the molecule is COc1ccc2c(c1)c(Cc1cccc(OC(C)(C)C(=O)O)c1)c(C)n2C(O)c1ccc(Cl)cc1. The summed E-state index contributed by atoms with van der Waals surface area (Å²) < 4.78 is 13.1. The van der Waals surface area contributed by atoms with Crippen molar-refractivity contribution in [3.63, 3.8) is 0 Å². The summed E-state index contributed by atoms with van der Waals surface area (Å²) in [5.41, 5.74) is 3.15. The van der Waals surface area contributed by atoms with Crippen molar-refractivity contribution in [2.75, 3.05) is 7.11 Å². The van der Waals surface area contributed by atoms with Gasteiger partial charge in [0.1, 0.15) is 11.5 Å². The van der Waals surface area contributed by atoms with Crippen LogP contribution in [0, 0.1) is 6.92 Å². The highest BCUT2D eigenvalue weighted by Crippen LogP contribution is 2.35. The van der Waals surface area contributed by atoms with Crippen LogP contribution in [-0.4, -0.2) is 33.5 Å². The average Bonchev–Trinajstić information content (AvgIpc) is 3.09. The smallest absolute Gasteiger partial charge is 0.347 e. The van der Waals surface area contributed by atoms with Crippen LogP contribution in [0.2, 0.25) is 5.02 Å². The summed E-state index contributed by atoms with van der Waals surface area (Å²) in [5.74, 6) is 0.164. The third-order valence-corrected chi connectivity index (χ3v) is 6.42. The van der Waals surface area contributed by atoms with E-state index in [0.717, 1.165) is 39.0 Å². The monoisotopic (exact) mass is 493 g/mol. The predicted molar refractivity (Wildman–Crippen MR) is 137 cm³/mol. The van der Waals surface area contributed by atoms with Crippen LogP contribution in [0.15, 0.2) is 66.7 Å². The molecule has 7 heteroatoms. The number of carboxylic acids is 1. The van der Waals surface area contributed by atoms with Crippen LogP contribution in [0.1, 0.15) is 42.5 Å². The zero-order valence-corrected chi connectivity index (χ0v) is 20.8. The maximum Gasteiger partial charge on any atom is 0.347 e. The molecule has 0 aliphatic heterocycles. The first kappa shape index (κ1) is 24.6. The Morgan fingerprint density at radius 2 is 1.77 bits per heavy atom. The van der Waals surface area contributed by atoms with Gasteiger partial charge in [0.25, 0.3) is 0 Å². The first-order valence-corrected chi connectivity index (χ1v) is 11.6. The number of aliphatic hydroxyl groups is 1. The Balaban J connectivity index is 1.78. The molecule has 0 amide bonds. The van der Waals surface area contributed by atoms with Crippen molar-refractivity contribution in [3.8, 4) is 11.5 Å². The molecule has 0 saturated heterocycles. The number of aromatic nitrogens is 1. The van der Waals surface area contributed by atoms with Gasteiger partial charge in [0, 0.05) is 21.7 Å². The number of ether oxygens (including phenoxy) is 2. The molecule has 6 nitrogen and oxygen atoms in total. The minimum atomic E-state index is -1.35. The molecule has 35 heavy (non-hydrogen) atoms. The van der Waals surface area contributed by atoms with Gasteiger partial charge in [-0.25, -0.2) is 4.79 Å². The number of halogens is 1. The van der Waals surface area contributed by atoms with Crippen molar-refractivity contribution in [2.24, 2.45) is 0 Å². The first-order valence-electron chi connectivity index (χ1n) is 11.2. The Morgan fingerprint density at radius 3 is 2.43 bits per heavy atom. The Hall–Kier alpha value is -3.48. The highest BCUT2D eigenvalue weighted by Gasteiger charge is 2.29. The van der Waals surface area contributed by atoms with Crippen molar-refractivity contribution in [3.05, 3.63) is 94.1 Å². The third-order valence-electron chi connectivity index (χ3n) is 6.17. The zero-order valence-electron chi connectivity index (χ0n) is 20.1. The van der Waals surface area contributed by atoms with Gasteiger partial charge in [0.2, 0.25) is 0 Å². The van der Waals surface area contributed by atoms with Crippen LogP contribution in [0.25, 0.3) is 10.9 Å². The predicted octanol–water partition coefficient (Wildman–Crippen LogP) is 5.98. The van der Waals surface area contributed by atoms with Gasteiger partial charge in [0.15, 0.2) is 11.8 Å². The van der Waals surface area contributed by atoms with Gasteiger partial charge < -0.3 is 24.3 Å². The lowest BCUT2D eigenvalue weighted by atomic mass is 10.0. The fourth-order valence-corrected chi connectivity index (χ4v) is 4.32. The number of benzene rings is 3. The summed E-state index contributed by atoms with van der Waals surface area (Å²) >= 11 is 6.04. The molecule has 1 heterocycles. The van der Waals surface area contributed by atoms with E-state index >= 15 is 0 Å². The number of fused-ring (bicyclic) bond motifs is 1. The summed E-state index contributed by atoms with van der Waals surface area (Å²) in [6.45, 7) is 5.02. The van der Waals surface area contributed by atoms with Crippen LogP contribution in [0.4, 0.5) is 0 Å². The minimum Gasteiger partial charge on any atom is -0.497 e. The molecule has 4 aromatic rings. The lowest BCUT2D eigenvalue weighted by Gasteiger charge is -2.21. The molecule has 0 bridgehead atoms. The van der Waals surface area contributed by atoms with Gasteiger partial charge in [-0.15, -0.1) is 0 Å². The second-order valence-electron chi connectivity index (χ2n) is 8.98. The van der Waals surface area contributed by atoms with E-state index in [-0.39, 0.29) is 0 Å². The van der Waals surface area contributed by atoms with Crippen molar-refractivity contribution in [1.29, 1.82) is 0 Å². The molecule has 0 aliphatic carbocycles. The molecule has 0 aliphatic rings. The van der Waals surface area contributed by atoms with Gasteiger partial charge in [-0.05, 0) is 80.8 Å². The minimum absolute atomic E-state index is 0.482. The number of hydrogen-bond donors (Lipinski definition) is 2. The van der Waals surface area contributed by atoms with Crippen LogP contribution in [-0.2, 0) is 11.2 Å². The van der Waals surface area contributed by atoms with Crippen LogP contribution in [0.3, 0.4) is 0 Å². The molecule has 0 spiro atoms. The van der Waals surface area contributed by atoms with E-state index in [1.165, 1.54) is 13.8 Å². The molecule has 1 unspecified atom stereocenters. The number of methoxy groups -OCH3 is 1. The Labute approximate surface area is 209 Å². The number of hydrogen-bond acceptors (Lipinski definition) is 4. The maximum atomic E-state index is 11.5. The average molecular weight is 494 g/mol. The highest BCUT2D eigenvalue weighted by molar-refractivity contribution is 6.30. The molecule has 3 aromatic carbocycles. The molecule has 0 radical (unpaired) electrons. The number of rotatable bonds is 8. The molecular weight excluding hydrogens is 466 g/mol.